The first-order chi connectivity index (χ1) is 7.96. The summed E-state index contributed by atoms with van der Waals surface area (Å²) < 4.78 is 37.1. The second-order valence-electron chi connectivity index (χ2n) is 3.57. The predicted octanol–water partition coefficient (Wildman–Crippen LogP) is 1.59. The molecule has 2 rings (SSSR count). The standard InChI is InChI=1S/C10H11ClO5S/c1-17(12,13)16-6-7-4-8(11)10-9(5-7)14-2-3-15-10/h4-5H,2-3,6H2,1H3. The van der Waals surface area contributed by atoms with Gasteiger partial charge in [0.2, 0.25) is 0 Å². The number of fused-ring (bicyclic) bond motifs is 1. The van der Waals surface area contributed by atoms with Gasteiger partial charge in [0.25, 0.3) is 10.1 Å². The molecule has 0 unspecified atom stereocenters. The number of rotatable bonds is 3. The Hall–Kier alpha value is -0.980. The van der Waals surface area contributed by atoms with Gasteiger partial charge in [0.1, 0.15) is 13.2 Å². The molecule has 0 spiro atoms. The minimum atomic E-state index is -3.47. The molecule has 0 aliphatic carbocycles. The summed E-state index contributed by atoms with van der Waals surface area (Å²) in [6, 6.07) is 3.26. The van der Waals surface area contributed by atoms with Crippen LogP contribution in [0.4, 0.5) is 0 Å². The second-order valence-corrected chi connectivity index (χ2v) is 5.62. The molecule has 1 aromatic rings. The van der Waals surface area contributed by atoms with Crippen molar-refractivity contribution in [2.45, 2.75) is 6.61 Å². The molecule has 5 nitrogen and oxygen atoms in total. The molecular weight excluding hydrogens is 268 g/mol. The van der Waals surface area contributed by atoms with E-state index in [-0.39, 0.29) is 6.61 Å². The summed E-state index contributed by atoms with van der Waals surface area (Å²) >= 11 is 5.99. The summed E-state index contributed by atoms with van der Waals surface area (Å²) in [7, 11) is -3.47. The maximum absolute atomic E-state index is 10.9. The number of halogens is 1. The van der Waals surface area contributed by atoms with Gasteiger partial charge in [-0.1, -0.05) is 11.6 Å². The van der Waals surface area contributed by atoms with Crippen molar-refractivity contribution in [1.82, 2.24) is 0 Å². The molecule has 0 radical (unpaired) electrons. The molecule has 1 aliphatic heterocycles. The summed E-state index contributed by atoms with van der Waals surface area (Å²) in [4.78, 5) is 0. The molecule has 0 saturated carbocycles. The monoisotopic (exact) mass is 278 g/mol. The topological polar surface area (TPSA) is 61.8 Å². The van der Waals surface area contributed by atoms with E-state index in [9.17, 15) is 8.42 Å². The van der Waals surface area contributed by atoms with Crippen molar-refractivity contribution < 1.29 is 22.1 Å². The number of hydrogen-bond acceptors (Lipinski definition) is 5. The molecule has 1 heterocycles. The van der Waals surface area contributed by atoms with Crippen LogP contribution >= 0.6 is 11.6 Å². The zero-order chi connectivity index (χ0) is 12.5. The Kier molecular flexibility index (Phi) is 3.46. The minimum absolute atomic E-state index is 0.0742. The minimum Gasteiger partial charge on any atom is -0.486 e. The van der Waals surface area contributed by atoms with Gasteiger partial charge in [-0.05, 0) is 17.7 Å². The van der Waals surface area contributed by atoms with Gasteiger partial charge in [0.15, 0.2) is 11.5 Å². The Bertz CT molecular complexity index is 526. The van der Waals surface area contributed by atoms with Crippen molar-refractivity contribution >= 4 is 21.7 Å². The Morgan fingerprint density at radius 3 is 2.76 bits per heavy atom. The fourth-order valence-corrected chi connectivity index (χ4v) is 2.06. The third-order valence-corrected chi connectivity index (χ3v) is 2.92. The molecule has 0 amide bonds. The van der Waals surface area contributed by atoms with Gasteiger partial charge in [-0.2, -0.15) is 8.42 Å². The zero-order valence-corrected chi connectivity index (χ0v) is 10.7. The SMILES string of the molecule is CS(=O)(=O)OCc1cc(Cl)c2c(c1)OCCO2. The van der Waals surface area contributed by atoms with E-state index in [0.29, 0.717) is 35.3 Å². The molecule has 17 heavy (non-hydrogen) atoms. The number of hydrogen-bond donors (Lipinski definition) is 0. The van der Waals surface area contributed by atoms with Gasteiger partial charge in [0.05, 0.1) is 17.9 Å². The van der Waals surface area contributed by atoms with Gasteiger partial charge in [0, 0.05) is 0 Å². The van der Waals surface area contributed by atoms with Gasteiger partial charge >= 0.3 is 0 Å². The van der Waals surface area contributed by atoms with Crippen molar-refractivity contribution in [2.24, 2.45) is 0 Å². The normalized spacial score (nSPS) is 14.7. The summed E-state index contributed by atoms with van der Waals surface area (Å²) in [6.45, 7) is 0.820. The Labute approximate surface area is 104 Å². The van der Waals surface area contributed by atoms with E-state index in [1.165, 1.54) is 0 Å². The third kappa shape index (κ3) is 3.24. The van der Waals surface area contributed by atoms with E-state index < -0.39 is 10.1 Å². The highest BCUT2D eigenvalue weighted by Crippen LogP contribution is 2.38. The van der Waals surface area contributed by atoms with Crippen molar-refractivity contribution in [2.75, 3.05) is 19.5 Å². The molecule has 7 heteroatoms. The Morgan fingerprint density at radius 2 is 2.06 bits per heavy atom. The van der Waals surface area contributed by atoms with Gasteiger partial charge in [-0.3, -0.25) is 4.18 Å². The molecule has 0 N–H and O–H groups in total. The summed E-state index contributed by atoms with van der Waals surface area (Å²) in [5, 5.41) is 0.384. The highest BCUT2D eigenvalue weighted by atomic mass is 35.5. The first-order valence-corrected chi connectivity index (χ1v) is 7.07. The predicted molar refractivity (Wildman–Crippen MR) is 62.1 cm³/mol. The van der Waals surface area contributed by atoms with E-state index in [2.05, 4.69) is 4.18 Å². The molecule has 1 aliphatic rings. The fourth-order valence-electron chi connectivity index (χ4n) is 1.42. The van der Waals surface area contributed by atoms with Crippen LogP contribution in [-0.2, 0) is 20.9 Å². The molecular formula is C10H11ClO5S. The molecule has 1 aromatic carbocycles. The van der Waals surface area contributed by atoms with Crippen LogP contribution in [0.25, 0.3) is 0 Å². The van der Waals surface area contributed by atoms with Crippen LogP contribution in [0.5, 0.6) is 11.5 Å². The highest BCUT2D eigenvalue weighted by molar-refractivity contribution is 7.85. The average molecular weight is 279 g/mol. The van der Waals surface area contributed by atoms with Gasteiger partial charge in [-0.15, -0.1) is 0 Å². The quantitative estimate of drug-likeness (QED) is 0.786. The van der Waals surface area contributed by atoms with Crippen LogP contribution < -0.4 is 9.47 Å². The lowest BCUT2D eigenvalue weighted by atomic mass is 10.2. The third-order valence-electron chi connectivity index (χ3n) is 2.10. The van der Waals surface area contributed by atoms with Gasteiger partial charge < -0.3 is 9.47 Å². The first kappa shape index (κ1) is 12.5. The Morgan fingerprint density at radius 1 is 1.35 bits per heavy atom. The first-order valence-electron chi connectivity index (χ1n) is 4.88. The molecule has 0 saturated heterocycles. The number of ether oxygens (including phenoxy) is 2. The molecule has 0 atom stereocenters. The van der Waals surface area contributed by atoms with E-state index in [0.717, 1.165) is 6.26 Å². The van der Waals surface area contributed by atoms with Crippen LogP contribution in [0.3, 0.4) is 0 Å². The van der Waals surface area contributed by atoms with Crippen molar-refractivity contribution in [3.05, 3.63) is 22.7 Å². The van der Waals surface area contributed by atoms with Crippen LogP contribution in [0, 0.1) is 0 Å². The van der Waals surface area contributed by atoms with Crippen LogP contribution in [-0.4, -0.2) is 27.9 Å². The molecule has 0 fully saturated rings. The maximum atomic E-state index is 10.9. The van der Waals surface area contributed by atoms with Crippen LogP contribution in [0.1, 0.15) is 5.56 Å². The van der Waals surface area contributed by atoms with Crippen LogP contribution in [0.2, 0.25) is 5.02 Å². The van der Waals surface area contributed by atoms with E-state index in [1.807, 2.05) is 0 Å². The lowest BCUT2D eigenvalue weighted by Crippen LogP contribution is -2.16. The number of benzene rings is 1. The van der Waals surface area contributed by atoms with E-state index in [4.69, 9.17) is 21.1 Å². The summed E-state index contributed by atoms with van der Waals surface area (Å²) in [6.07, 6.45) is 0.993. The fraction of sp³-hybridized carbons (Fsp3) is 0.400. The Balaban J connectivity index is 2.22. The lowest BCUT2D eigenvalue weighted by Gasteiger charge is -2.20. The maximum Gasteiger partial charge on any atom is 0.264 e. The summed E-state index contributed by atoms with van der Waals surface area (Å²) in [5.74, 6) is 0.997. The lowest BCUT2D eigenvalue weighted by molar-refractivity contribution is 0.171. The zero-order valence-electron chi connectivity index (χ0n) is 9.10. The van der Waals surface area contributed by atoms with Crippen molar-refractivity contribution in [3.63, 3.8) is 0 Å². The second kappa shape index (κ2) is 4.72. The molecule has 0 bridgehead atoms. The van der Waals surface area contributed by atoms with Gasteiger partial charge in [-0.25, -0.2) is 0 Å². The average Bonchev–Trinajstić information content (AvgIpc) is 2.26. The molecule has 0 aromatic heterocycles. The smallest absolute Gasteiger partial charge is 0.264 e. The molecule has 94 valence electrons. The van der Waals surface area contributed by atoms with Crippen molar-refractivity contribution in [3.8, 4) is 11.5 Å². The van der Waals surface area contributed by atoms with Crippen LogP contribution in [0.15, 0.2) is 12.1 Å². The summed E-state index contributed by atoms with van der Waals surface area (Å²) in [5.41, 5.74) is 0.615. The largest absolute Gasteiger partial charge is 0.486 e. The highest BCUT2D eigenvalue weighted by Gasteiger charge is 2.17. The van der Waals surface area contributed by atoms with E-state index in [1.54, 1.807) is 12.1 Å². The van der Waals surface area contributed by atoms with Crippen molar-refractivity contribution in [1.29, 1.82) is 0 Å². The van der Waals surface area contributed by atoms with E-state index >= 15 is 0 Å².